The Balaban J connectivity index is 1.36. The lowest BCUT2D eigenvalue weighted by Gasteiger charge is -2.39. The number of anilines is 1. The first-order chi connectivity index (χ1) is 13.7. The summed E-state index contributed by atoms with van der Waals surface area (Å²) in [5, 5.41) is 4.66. The average molecular weight is 400 g/mol. The predicted molar refractivity (Wildman–Crippen MR) is 109 cm³/mol. The number of halogens is 2. The van der Waals surface area contributed by atoms with Crippen LogP contribution in [-0.2, 0) is 0 Å². The molecule has 1 aromatic carbocycles. The summed E-state index contributed by atoms with van der Waals surface area (Å²) in [7, 11) is 0. The SMILES string of the molecule is Fc1cc(-c2cnc3ccc(Cl)nn23)ccc1N1CCN(C2CCCC2)CC1. The second-order valence-corrected chi connectivity index (χ2v) is 8.08. The summed E-state index contributed by atoms with van der Waals surface area (Å²) in [5.41, 5.74) is 2.84. The minimum Gasteiger partial charge on any atom is -0.367 e. The Labute approximate surface area is 168 Å². The summed E-state index contributed by atoms with van der Waals surface area (Å²) in [6, 6.07) is 9.62. The third kappa shape index (κ3) is 3.25. The summed E-state index contributed by atoms with van der Waals surface area (Å²) in [6.07, 6.45) is 7.04. The van der Waals surface area contributed by atoms with E-state index in [2.05, 4.69) is 19.9 Å². The number of hydrogen-bond donors (Lipinski definition) is 0. The topological polar surface area (TPSA) is 36.7 Å². The van der Waals surface area contributed by atoms with Crippen LogP contribution in [-0.4, -0.2) is 51.7 Å². The van der Waals surface area contributed by atoms with Crippen molar-refractivity contribution in [1.82, 2.24) is 19.5 Å². The van der Waals surface area contributed by atoms with Gasteiger partial charge in [-0.3, -0.25) is 4.90 Å². The van der Waals surface area contributed by atoms with Crippen molar-refractivity contribution in [3.8, 4) is 11.3 Å². The molecule has 28 heavy (non-hydrogen) atoms. The molecule has 2 aromatic heterocycles. The molecule has 2 aliphatic rings. The van der Waals surface area contributed by atoms with E-state index in [1.54, 1.807) is 28.9 Å². The van der Waals surface area contributed by atoms with Crippen LogP contribution in [0, 0.1) is 5.82 Å². The molecule has 2 fully saturated rings. The van der Waals surface area contributed by atoms with Crippen molar-refractivity contribution < 1.29 is 4.39 Å². The van der Waals surface area contributed by atoms with Gasteiger partial charge in [-0.15, -0.1) is 0 Å². The number of piperazine rings is 1. The summed E-state index contributed by atoms with van der Waals surface area (Å²) in [4.78, 5) is 9.08. The van der Waals surface area contributed by atoms with Gasteiger partial charge in [-0.2, -0.15) is 5.10 Å². The molecule has 3 heterocycles. The molecule has 0 unspecified atom stereocenters. The third-order valence-corrected chi connectivity index (χ3v) is 6.27. The Morgan fingerprint density at radius 1 is 1.00 bits per heavy atom. The maximum absolute atomic E-state index is 15.0. The van der Waals surface area contributed by atoms with Gasteiger partial charge in [0.25, 0.3) is 0 Å². The van der Waals surface area contributed by atoms with Crippen LogP contribution in [0.15, 0.2) is 36.5 Å². The molecule has 7 heteroatoms. The van der Waals surface area contributed by atoms with Crippen LogP contribution in [0.1, 0.15) is 25.7 Å². The highest BCUT2D eigenvalue weighted by atomic mass is 35.5. The summed E-state index contributed by atoms with van der Waals surface area (Å²) >= 11 is 6.01. The maximum Gasteiger partial charge on any atom is 0.154 e. The first-order valence-electron chi connectivity index (χ1n) is 9.98. The van der Waals surface area contributed by atoms with Gasteiger partial charge in [-0.05, 0) is 37.1 Å². The summed E-state index contributed by atoms with van der Waals surface area (Å²) in [6.45, 7) is 3.78. The molecule has 1 aliphatic carbocycles. The van der Waals surface area contributed by atoms with E-state index in [0.29, 0.717) is 16.5 Å². The molecule has 1 saturated heterocycles. The van der Waals surface area contributed by atoms with Crippen molar-refractivity contribution in [3.63, 3.8) is 0 Å². The number of benzene rings is 1. The predicted octanol–water partition coefficient (Wildman–Crippen LogP) is 4.25. The van der Waals surface area contributed by atoms with Gasteiger partial charge in [0.2, 0.25) is 0 Å². The molecule has 0 spiro atoms. The highest BCUT2D eigenvalue weighted by Gasteiger charge is 2.27. The Morgan fingerprint density at radius 2 is 1.79 bits per heavy atom. The lowest BCUT2D eigenvalue weighted by Crippen LogP contribution is -2.50. The van der Waals surface area contributed by atoms with E-state index in [1.807, 2.05) is 12.1 Å². The lowest BCUT2D eigenvalue weighted by molar-refractivity contribution is 0.187. The Hall–Kier alpha value is -2.18. The first-order valence-corrected chi connectivity index (χ1v) is 10.4. The molecule has 0 atom stereocenters. The Bertz CT molecular complexity index is 990. The zero-order valence-electron chi connectivity index (χ0n) is 15.7. The molecule has 1 aliphatic heterocycles. The van der Waals surface area contributed by atoms with Crippen LogP contribution in [0.25, 0.3) is 16.9 Å². The molecule has 5 nitrogen and oxygen atoms in total. The summed E-state index contributed by atoms with van der Waals surface area (Å²) in [5.74, 6) is -0.205. The Kier molecular flexibility index (Phi) is 4.69. The van der Waals surface area contributed by atoms with Crippen LogP contribution in [0.2, 0.25) is 5.15 Å². The molecule has 5 rings (SSSR count). The van der Waals surface area contributed by atoms with Gasteiger partial charge in [0.05, 0.1) is 17.6 Å². The fourth-order valence-electron chi connectivity index (χ4n) is 4.57. The number of fused-ring (bicyclic) bond motifs is 1. The van der Waals surface area contributed by atoms with Gasteiger partial charge in [0, 0.05) is 37.8 Å². The zero-order valence-corrected chi connectivity index (χ0v) is 16.4. The third-order valence-electron chi connectivity index (χ3n) is 6.07. The van der Waals surface area contributed by atoms with Crippen LogP contribution in [0.4, 0.5) is 10.1 Å². The molecule has 1 saturated carbocycles. The fourth-order valence-corrected chi connectivity index (χ4v) is 4.71. The van der Waals surface area contributed by atoms with Crippen LogP contribution >= 0.6 is 11.6 Å². The van der Waals surface area contributed by atoms with Gasteiger partial charge >= 0.3 is 0 Å². The van der Waals surface area contributed by atoms with Crippen molar-refractivity contribution in [1.29, 1.82) is 0 Å². The second-order valence-electron chi connectivity index (χ2n) is 7.70. The van der Waals surface area contributed by atoms with Crippen molar-refractivity contribution in [2.24, 2.45) is 0 Å². The summed E-state index contributed by atoms with van der Waals surface area (Å²) < 4.78 is 16.6. The second kappa shape index (κ2) is 7.33. The minimum atomic E-state index is -0.205. The number of imidazole rings is 1. The van der Waals surface area contributed by atoms with Crippen molar-refractivity contribution in [2.75, 3.05) is 31.1 Å². The van der Waals surface area contributed by atoms with E-state index in [-0.39, 0.29) is 5.82 Å². The smallest absolute Gasteiger partial charge is 0.154 e. The van der Waals surface area contributed by atoms with Gasteiger partial charge in [-0.1, -0.05) is 30.5 Å². The average Bonchev–Trinajstić information content (AvgIpc) is 3.38. The van der Waals surface area contributed by atoms with Gasteiger partial charge in [-0.25, -0.2) is 13.9 Å². The van der Waals surface area contributed by atoms with Crippen LogP contribution in [0.5, 0.6) is 0 Å². The van der Waals surface area contributed by atoms with E-state index in [0.717, 1.165) is 43.5 Å². The first kappa shape index (κ1) is 17.9. The van der Waals surface area contributed by atoms with Gasteiger partial charge in [0.15, 0.2) is 5.65 Å². The van der Waals surface area contributed by atoms with Gasteiger partial charge < -0.3 is 4.90 Å². The minimum absolute atomic E-state index is 0.205. The molecular weight excluding hydrogens is 377 g/mol. The normalized spacial score (nSPS) is 19.0. The fraction of sp³-hybridized carbons (Fsp3) is 0.429. The molecular formula is C21H23ClFN5. The maximum atomic E-state index is 15.0. The van der Waals surface area contributed by atoms with Crippen molar-refractivity contribution in [2.45, 2.75) is 31.7 Å². The van der Waals surface area contributed by atoms with Gasteiger partial charge in [0.1, 0.15) is 11.0 Å². The van der Waals surface area contributed by atoms with E-state index in [1.165, 1.54) is 25.7 Å². The van der Waals surface area contributed by atoms with Crippen molar-refractivity contribution >= 4 is 22.9 Å². The molecule has 0 N–H and O–H groups in total. The van der Waals surface area contributed by atoms with E-state index in [4.69, 9.17) is 11.6 Å². The van der Waals surface area contributed by atoms with E-state index >= 15 is 0 Å². The standard InChI is InChI=1S/C21H23ClFN5/c22-20-7-8-21-24-14-19(28(21)25-20)15-5-6-18(17(23)13-15)27-11-9-26(10-12-27)16-3-1-2-4-16/h5-8,13-14,16H,1-4,9-12H2. The van der Waals surface area contributed by atoms with E-state index in [9.17, 15) is 4.39 Å². The quantitative estimate of drug-likeness (QED) is 0.659. The molecule has 3 aromatic rings. The Morgan fingerprint density at radius 3 is 2.54 bits per heavy atom. The van der Waals surface area contributed by atoms with Crippen LogP contribution in [0.3, 0.4) is 0 Å². The molecule has 146 valence electrons. The lowest BCUT2D eigenvalue weighted by atomic mass is 10.1. The highest BCUT2D eigenvalue weighted by molar-refractivity contribution is 6.29. The molecule has 0 bridgehead atoms. The zero-order chi connectivity index (χ0) is 19.1. The number of aromatic nitrogens is 3. The van der Waals surface area contributed by atoms with Crippen LogP contribution < -0.4 is 4.90 Å². The molecule has 0 amide bonds. The monoisotopic (exact) mass is 399 g/mol. The number of rotatable bonds is 3. The van der Waals surface area contributed by atoms with Crippen molar-refractivity contribution in [3.05, 3.63) is 47.5 Å². The number of nitrogens with zero attached hydrogens (tertiary/aromatic N) is 5. The highest BCUT2D eigenvalue weighted by Crippen LogP contribution is 2.29. The number of hydrogen-bond acceptors (Lipinski definition) is 4. The molecule has 0 radical (unpaired) electrons. The van der Waals surface area contributed by atoms with E-state index < -0.39 is 0 Å². The largest absolute Gasteiger partial charge is 0.367 e.